The van der Waals surface area contributed by atoms with E-state index in [-0.39, 0.29) is 18.5 Å². The average molecular weight is 420 g/mol. The van der Waals surface area contributed by atoms with E-state index in [4.69, 9.17) is 4.52 Å². The molecule has 9 nitrogen and oxygen atoms in total. The SMILES string of the molecule is Cc1ccc(C(=O)N2CC(N(CCc3noc(C4CCC4)n3)S(C)(=O)=O)C2)cn1. The Balaban J connectivity index is 1.35. The lowest BCUT2D eigenvalue weighted by atomic mass is 9.85. The van der Waals surface area contributed by atoms with Crippen LogP contribution in [0.5, 0.6) is 0 Å². The van der Waals surface area contributed by atoms with E-state index in [1.807, 2.05) is 6.92 Å². The van der Waals surface area contributed by atoms with Crippen LogP contribution in [0.15, 0.2) is 22.9 Å². The number of sulfonamides is 1. The summed E-state index contributed by atoms with van der Waals surface area (Å²) in [5.74, 6) is 1.40. The Morgan fingerprint density at radius 3 is 2.66 bits per heavy atom. The lowest BCUT2D eigenvalue weighted by Crippen LogP contribution is -2.62. The number of pyridine rings is 1. The Kier molecular flexibility index (Phi) is 5.39. The van der Waals surface area contributed by atoms with Gasteiger partial charge in [0.25, 0.3) is 5.91 Å². The van der Waals surface area contributed by atoms with Crippen molar-refractivity contribution in [2.24, 2.45) is 0 Å². The normalized spacial score (nSPS) is 18.0. The molecule has 0 unspecified atom stereocenters. The van der Waals surface area contributed by atoms with Crippen LogP contribution in [0.3, 0.4) is 0 Å². The van der Waals surface area contributed by atoms with Gasteiger partial charge in [-0.1, -0.05) is 11.6 Å². The Morgan fingerprint density at radius 2 is 2.07 bits per heavy atom. The standard InChI is InChI=1S/C19H25N5O4S/c1-13-6-7-15(10-20-13)19(25)23-11-16(12-23)24(29(2,26)27)9-8-17-21-18(28-22-17)14-4-3-5-14/h6-7,10,14,16H,3-5,8-9,11-12H2,1-2H3. The van der Waals surface area contributed by atoms with Gasteiger partial charge in [0.1, 0.15) is 0 Å². The van der Waals surface area contributed by atoms with Crippen LogP contribution < -0.4 is 0 Å². The molecule has 0 spiro atoms. The van der Waals surface area contributed by atoms with Crippen molar-refractivity contribution in [2.75, 3.05) is 25.9 Å². The molecule has 156 valence electrons. The minimum Gasteiger partial charge on any atom is -0.339 e. The molecule has 10 heteroatoms. The fourth-order valence-electron chi connectivity index (χ4n) is 3.60. The molecule has 2 aromatic heterocycles. The van der Waals surface area contributed by atoms with Crippen molar-refractivity contribution in [3.63, 3.8) is 0 Å². The topological polar surface area (TPSA) is 110 Å². The molecule has 2 aromatic rings. The molecule has 0 atom stereocenters. The fourth-order valence-corrected chi connectivity index (χ4v) is 4.70. The fraction of sp³-hybridized carbons (Fsp3) is 0.579. The van der Waals surface area contributed by atoms with Gasteiger partial charge < -0.3 is 9.42 Å². The Bertz CT molecular complexity index is 978. The number of hydrogen-bond acceptors (Lipinski definition) is 7. The van der Waals surface area contributed by atoms with Gasteiger partial charge in [-0.05, 0) is 31.9 Å². The summed E-state index contributed by atoms with van der Waals surface area (Å²) in [4.78, 5) is 22.7. The number of carbonyl (C=O) groups is 1. The first-order chi connectivity index (χ1) is 13.8. The van der Waals surface area contributed by atoms with Gasteiger partial charge in [0, 0.05) is 43.9 Å². The summed E-state index contributed by atoms with van der Waals surface area (Å²) in [5, 5.41) is 3.99. The van der Waals surface area contributed by atoms with E-state index in [1.165, 1.54) is 17.0 Å². The number of amides is 1. The molecule has 2 aliphatic rings. The summed E-state index contributed by atoms with van der Waals surface area (Å²) in [6, 6.07) is 3.28. The summed E-state index contributed by atoms with van der Waals surface area (Å²) in [6.45, 7) is 2.84. The lowest BCUT2D eigenvalue weighted by Gasteiger charge is -2.44. The number of carbonyl (C=O) groups excluding carboxylic acids is 1. The van der Waals surface area contributed by atoms with Crippen LogP contribution in [0.25, 0.3) is 0 Å². The third-order valence-corrected chi connectivity index (χ3v) is 6.97. The maximum atomic E-state index is 12.5. The molecule has 1 amide bonds. The van der Waals surface area contributed by atoms with Crippen LogP contribution in [-0.4, -0.2) is 70.6 Å². The molecule has 3 heterocycles. The van der Waals surface area contributed by atoms with Crippen LogP contribution in [0, 0.1) is 6.92 Å². The number of aryl methyl sites for hydroxylation is 1. The van der Waals surface area contributed by atoms with E-state index in [1.54, 1.807) is 23.2 Å². The Hall–Kier alpha value is -2.33. The molecule has 0 bridgehead atoms. The second-order valence-electron chi connectivity index (χ2n) is 7.85. The van der Waals surface area contributed by atoms with Gasteiger partial charge in [-0.15, -0.1) is 0 Å². The maximum Gasteiger partial charge on any atom is 0.255 e. The first-order valence-corrected chi connectivity index (χ1v) is 11.7. The molecular formula is C19H25N5O4S. The monoisotopic (exact) mass is 419 g/mol. The summed E-state index contributed by atoms with van der Waals surface area (Å²) >= 11 is 0. The first kappa shape index (κ1) is 20.0. The maximum absolute atomic E-state index is 12.5. The quantitative estimate of drug-likeness (QED) is 0.667. The summed E-state index contributed by atoms with van der Waals surface area (Å²) in [5.41, 5.74) is 1.35. The van der Waals surface area contributed by atoms with Crippen molar-refractivity contribution in [1.29, 1.82) is 0 Å². The van der Waals surface area contributed by atoms with Gasteiger partial charge >= 0.3 is 0 Å². The Morgan fingerprint density at radius 1 is 1.31 bits per heavy atom. The van der Waals surface area contributed by atoms with E-state index in [2.05, 4.69) is 15.1 Å². The molecule has 1 aliphatic heterocycles. The van der Waals surface area contributed by atoms with Gasteiger partial charge in [0.2, 0.25) is 15.9 Å². The summed E-state index contributed by atoms with van der Waals surface area (Å²) < 4.78 is 31.3. The first-order valence-electron chi connectivity index (χ1n) is 9.82. The number of nitrogens with zero attached hydrogens (tertiary/aromatic N) is 5. The van der Waals surface area contributed by atoms with Gasteiger partial charge in [-0.25, -0.2) is 8.42 Å². The van der Waals surface area contributed by atoms with Gasteiger partial charge in [-0.2, -0.15) is 9.29 Å². The van der Waals surface area contributed by atoms with Crippen molar-refractivity contribution in [3.05, 3.63) is 41.3 Å². The highest BCUT2D eigenvalue weighted by Crippen LogP contribution is 2.35. The van der Waals surface area contributed by atoms with Crippen LogP contribution in [0.1, 0.15) is 52.9 Å². The molecule has 4 rings (SSSR count). The molecule has 0 aromatic carbocycles. The third-order valence-electron chi connectivity index (χ3n) is 5.64. The lowest BCUT2D eigenvalue weighted by molar-refractivity contribution is 0.0453. The van der Waals surface area contributed by atoms with Crippen LogP contribution in [0.2, 0.25) is 0 Å². The van der Waals surface area contributed by atoms with Gasteiger partial charge in [-0.3, -0.25) is 9.78 Å². The highest BCUT2D eigenvalue weighted by molar-refractivity contribution is 7.88. The zero-order valence-corrected chi connectivity index (χ0v) is 17.4. The molecule has 1 aliphatic carbocycles. The second-order valence-corrected chi connectivity index (χ2v) is 9.79. The van der Waals surface area contributed by atoms with Crippen molar-refractivity contribution in [1.82, 2.24) is 24.3 Å². The molecule has 2 fully saturated rings. The van der Waals surface area contributed by atoms with E-state index in [0.717, 1.165) is 18.5 Å². The zero-order valence-electron chi connectivity index (χ0n) is 16.6. The summed E-state index contributed by atoms with van der Waals surface area (Å²) in [6.07, 6.45) is 6.45. The van der Waals surface area contributed by atoms with Crippen molar-refractivity contribution in [2.45, 2.75) is 44.6 Å². The van der Waals surface area contributed by atoms with E-state index in [0.29, 0.717) is 42.7 Å². The minimum absolute atomic E-state index is 0.134. The predicted octanol–water partition coefficient (Wildman–Crippen LogP) is 1.37. The number of likely N-dealkylation sites (tertiary alicyclic amines) is 1. The number of rotatable bonds is 7. The molecule has 0 radical (unpaired) electrons. The number of hydrogen-bond donors (Lipinski definition) is 0. The number of aromatic nitrogens is 3. The molecule has 1 saturated carbocycles. The van der Waals surface area contributed by atoms with E-state index < -0.39 is 10.0 Å². The highest BCUT2D eigenvalue weighted by atomic mass is 32.2. The Labute approximate surface area is 170 Å². The zero-order chi connectivity index (χ0) is 20.6. The minimum atomic E-state index is -3.42. The predicted molar refractivity (Wildman–Crippen MR) is 105 cm³/mol. The highest BCUT2D eigenvalue weighted by Gasteiger charge is 2.39. The molecule has 29 heavy (non-hydrogen) atoms. The van der Waals surface area contributed by atoms with Gasteiger partial charge in [0.05, 0.1) is 17.9 Å². The van der Waals surface area contributed by atoms with Gasteiger partial charge in [0.15, 0.2) is 5.82 Å². The van der Waals surface area contributed by atoms with Crippen LogP contribution >= 0.6 is 0 Å². The molecular weight excluding hydrogens is 394 g/mol. The van der Waals surface area contributed by atoms with Crippen molar-refractivity contribution in [3.8, 4) is 0 Å². The van der Waals surface area contributed by atoms with E-state index >= 15 is 0 Å². The van der Waals surface area contributed by atoms with Crippen molar-refractivity contribution < 1.29 is 17.7 Å². The second kappa shape index (κ2) is 7.83. The molecule has 0 N–H and O–H groups in total. The summed E-state index contributed by atoms with van der Waals surface area (Å²) in [7, 11) is -3.42. The smallest absolute Gasteiger partial charge is 0.255 e. The third kappa shape index (κ3) is 4.32. The largest absolute Gasteiger partial charge is 0.339 e. The van der Waals surface area contributed by atoms with Crippen LogP contribution in [0.4, 0.5) is 0 Å². The van der Waals surface area contributed by atoms with Crippen molar-refractivity contribution >= 4 is 15.9 Å². The average Bonchev–Trinajstić information content (AvgIpc) is 3.02. The van der Waals surface area contributed by atoms with E-state index in [9.17, 15) is 13.2 Å². The molecule has 1 saturated heterocycles. The van der Waals surface area contributed by atoms with Crippen LogP contribution in [-0.2, 0) is 16.4 Å².